The Morgan fingerprint density at radius 1 is 1.27 bits per heavy atom. The van der Waals surface area contributed by atoms with Crippen molar-refractivity contribution in [2.45, 2.75) is 39.3 Å². The molecule has 1 aliphatic carbocycles. The molecule has 1 aromatic heterocycles. The number of nitrogens with zero attached hydrogens (tertiary/aromatic N) is 1. The molecule has 0 aliphatic heterocycles. The molecule has 1 amide bonds. The fourth-order valence-corrected chi connectivity index (χ4v) is 3.46. The maximum atomic E-state index is 12.5. The van der Waals surface area contributed by atoms with E-state index in [2.05, 4.69) is 30.6 Å². The van der Waals surface area contributed by atoms with Gasteiger partial charge >= 0.3 is 0 Å². The minimum atomic E-state index is 0.158. The molecule has 4 heteroatoms. The summed E-state index contributed by atoms with van der Waals surface area (Å²) in [4.78, 5) is 15.8. The predicted molar refractivity (Wildman–Crippen MR) is 92.6 cm³/mol. The van der Waals surface area contributed by atoms with Gasteiger partial charge in [0.05, 0.1) is 0 Å². The van der Waals surface area contributed by atoms with Gasteiger partial charge in [0.2, 0.25) is 0 Å². The topological polar surface area (TPSA) is 32.3 Å². The van der Waals surface area contributed by atoms with E-state index < -0.39 is 0 Å². The highest BCUT2D eigenvalue weighted by atomic mass is 32.1. The van der Waals surface area contributed by atoms with Crippen LogP contribution in [0, 0.1) is 6.92 Å². The van der Waals surface area contributed by atoms with Gasteiger partial charge in [-0.1, -0.05) is 0 Å². The summed E-state index contributed by atoms with van der Waals surface area (Å²) < 4.78 is 0. The lowest BCUT2D eigenvalue weighted by molar-refractivity contribution is 0.0752. The van der Waals surface area contributed by atoms with Crippen LogP contribution >= 0.6 is 11.3 Å². The first-order valence-corrected chi connectivity index (χ1v) is 8.75. The maximum Gasteiger partial charge on any atom is 0.254 e. The third-order valence-electron chi connectivity index (χ3n) is 4.14. The van der Waals surface area contributed by atoms with Crippen LogP contribution in [0.1, 0.15) is 40.6 Å². The van der Waals surface area contributed by atoms with Gasteiger partial charge < -0.3 is 10.2 Å². The molecule has 1 saturated carbocycles. The summed E-state index contributed by atoms with van der Waals surface area (Å²) >= 11 is 1.77. The van der Waals surface area contributed by atoms with Crippen LogP contribution in [0.4, 0.5) is 5.69 Å². The molecule has 1 fully saturated rings. The first-order valence-electron chi connectivity index (χ1n) is 7.87. The van der Waals surface area contributed by atoms with Crippen LogP contribution in [-0.2, 0) is 6.54 Å². The van der Waals surface area contributed by atoms with Crippen molar-refractivity contribution >= 4 is 22.9 Å². The number of rotatable bonds is 6. The Kier molecular flexibility index (Phi) is 4.48. The van der Waals surface area contributed by atoms with E-state index in [4.69, 9.17) is 0 Å². The van der Waals surface area contributed by atoms with Gasteiger partial charge in [-0.15, -0.1) is 11.3 Å². The Hall–Kier alpha value is -1.81. The number of nitrogens with one attached hydrogen (secondary N) is 1. The quantitative estimate of drug-likeness (QED) is 0.862. The highest BCUT2D eigenvalue weighted by Crippen LogP contribution is 2.28. The molecule has 0 bridgehead atoms. The van der Waals surface area contributed by atoms with E-state index >= 15 is 0 Å². The standard InChI is InChI=1S/C18H22N2OS/c1-3-20(16-8-9-16)18(21)14-4-6-15(7-5-14)19-12-17-13(2)10-11-22-17/h4-7,10-11,16,19H,3,8-9,12H2,1-2H3. The van der Waals surface area contributed by atoms with Gasteiger partial charge in [-0.3, -0.25) is 4.79 Å². The van der Waals surface area contributed by atoms with E-state index in [1.165, 1.54) is 10.4 Å². The van der Waals surface area contributed by atoms with Crippen LogP contribution in [-0.4, -0.2) is 23.4 Å². The molecule has 0 radical (unpaired) electrons. The lowest BCUT2D eigenvalue weighted by atomic mass is 10.1. The second-order valence-electron chi connectivity index (χ2n) is 5.78. The number of hydrogen-bond donors (Lipinski definition) is 1. The zero-order valence-corrected chi connectivity index (χ0v) is 14.0. The van der Waals surface area contributed by atoms with E-state index in [0.29, 0.717) is 6.04 Å². The average Bonchev–Trinajstić information content (AvgIpc) is 3.28. The van der Waals surface area contributed by atoms with Gasteiger partial charge in [-0.25, -0.2) is 0 Å². The maximum absolute atomic E-state index is 12.5. The molecule has 0 spiro atoms. The van der Waals surface area contributed by atoms with Crippen LogP contribution in [0.3, 0.4) is 0 Å². The van der Waals surface area contributed by atoms with Gasteiger partial charge in [0.15, 0.2) is 0 Å². The van der Waals surface area contributed by atoms with Gasteiger partial charge in [0.25, 0.3) is 5.91 Å². The van der Waals surface area contributed by atoms with Crippen molar-refractivity contribution in [2.24, 2.45) is 0 Å². The van der Waals surface area contributed by atoms with Crippen LogP contribution in [0.15, 0.2) is 35.7 Å². The number of aryl methyl sites for hydroxylation is 1. The lowest BCUT2D eigenvalue weighted by Crippen LogP contribution is -2.32. The number of carbonyl (C=O) groups is 1. The van der Waals surface area contributed by atoms with Gasteiger partial charge in [-0.2, -0.15) is 0 Å². The van der Waals surface area contributed by atoms with Crippen molar-refractivity contribution in [1.29, 1.82) is 0 Å². The van der Waals surface area contributed by atoms with Crippen LogP contribution < -0.4 is 5.32 Å². The minimum Gasteiger partial charge on any atom is -0.380 e. The second kappa shape index (κ2) is 6.53. The third kappa shape index (κ3) is 3.33. The zero-order chi connectivity index (χ0) is 15.5. The molecule has 1 aromatic carbocycles. The van der Waals surface area contributed by atoms with Crippen LogP contribution in [0.5, 0.6) is 0 Å². The third-order valence-corrected chi connectivity index (χ3v) is 5.17. The van der Waals surface area contributed by atoms with Crippen molar-refractivity contribution < 1.29 is 4.79 Å². The van der Waals surface area contributed by atoms with Crippen LogP contribution in [0.2, 0.25) is 0 Å². The van der Waals surface area contributed by atoms with E-state index in [1.807, 2.05) is 29.2 Å². The summed E-state index contributed by atoms with van der Waals surface area (Å²) in [6.07, 6.45) is 2.30. The van der Waals surface area contributed by atoms with Crippen molar-refractivity contribution in [3.8, 4) is 0 Å². The number of thiophene rings is 1. The molecule has 0 unspecified atom stereocenters. The SMILES string of the molecule is CCN(C(=O)c1ccc(NCc2sccc2C)cc1)C1CC1. The van der Waals surface area contributed by atoms with E-state index in [1.54, 1.807) is 11.3 Å². The summed E-state index contributed by atoms with van der Waals surface area (Å²) in [7, 11) is 0. The van der Waals surface area contributed by atoms with E-state index in [-0.39, 0.29) is 5.91 Å². The summed E-state index contributed by atoms with van der Waals surface area (Å²) in [6.45, 7) is 5.81. The number of amides is 1. The number of benzene rings is 1. The highest BCUT2D eigenvalue weighted by Gasteiger charge is 2.31. The van der Waals surface area contributed by atoms with Crippen molar-refractivity contribution in [3.05, 3.63) is 51.7 Å². The smallest absolute Gasteiger partial charge is 0.254 e. The molecule has 0 saturated heterocycles. The Labute approximate surface area is 136 Å². The molecule has 116 valence electrons. The molecular weight excluding hydrogens is 292 g/mol. The molecule has 1 aliphatic rings. The summed E-state index contributed by atoms with van der Waals surface area (Å²) in [6, 6.07) is 10.5. The fraction of sp³-hybridized carbons (Fsp3) is 0.389. The van der Waals surface area contributed by atoms with Gasteiger partial charge in [0.1, 0.15) is 0 Å². The van der Waals surface area contributed by atoms with E-state index in [0.717, 1.165) is 37.2 Å². The molecule has 3 nitrogen and oxygen atoms in total. The van der Waals surface area contributed by atoms with Crippen molar-refractivity contribution in [3.63, 3.8) is 0 Å². The van der Waals surface area contributed by atoms with Crippen molar-refractivity contribution in [1.82, 2.24) is 4.90 Å². The molecular formula is C18H22N2OS. The number of anilines is 1. The van der Waals surface area contributed by atoms with Gasteiger partial charge in [-0.05, 0) is 68.0 Å². The van der Waals surface area contributed by atoms with Crippen LogP contribution in [0.25, 0.3) is 0 Å². The first-order chi connectivity index (χ1) is 10.7. The van der Waals surface area contributed by atoms with Gasteiger partial charge in [0, 0.05) is 35.3 Å². The largest absolute Gasteiger partial charge is 0.380 e. The Morgan fingerprint density at radius 3 is 2.55 bits per heavy atom. The minimum absolute atomic E-state index is 0.158. The molecule has 0 atom stereocenters. The number of carbonyl (C=O) groups excluding carboxylic acids is 1. The zero-order valence-electron chi connectivity index (χ0n) is 13.1. The van der Waals surface area contributed by atoms with Crippen molar-refractivity contribution in [2.75, 3.05) is 11.9 Å². The lowest BCUT2D eigenvalue weighted by Gasteiger charge is -2.20. The highest BCUT2D eigenvalue weighted by molar-refractivity contribution is 7.10. The average molecular weight is 314 g/mol. The second-order valence-corrected chi connectivity index (χ2v) is 6.78. The normalized spacial score (nSPS) is 13.9. The first kappa shape index (κ1) is 15.1. The number of hydrogen-bond acceptors (Lipinski definition) is 3. The molecule has 1 heterocycles. The summed E-state index contributed by atoms with van der Waals surface area (Å²) in [5.41, 5.74) is 3.16. The Balaban J connectivity index is 1.62. The molecule has 3 rings (SSSR count). The molecule has 2 aromatic rings. The summed E-state index contributed by atoms with van der Waals surface area (Å²) in [5.74, 6) is 0.158. The molecule has 22 heavy (non-hydrogen) atoms. The monoisotopic (exact) mass is 314 g/mol. The van der Waals surface area contributed by atoms with E-state index in [9.17, 15) is 4.79 Å². The summed E-state index contributed by atoms with van der Waals surface area (Å²) in [5, 5.41) is 5.53. The Morgan fingerprint density at radius 2 is 2.00 bits per heavy atom. The molecule has 1 N–H and O–H groups in total. The fourth-order valence-electron chi connectivity index (χ4n) is 2.62. The predicted octanol–water partition coefficient (Wildman–Crippen LogP) is 4.29. The Bertz CT molecular complexity index is 643.